The lowest BCUT2D eigenvalue weighted by Gasteiger charge is -2.26. The first-order valence-corrected chi connectivity index (χ1v) is 9.46. The maximum absolute atomic E-state index is 12.6. The number of aryl methyl sites for hydroxylation is 1. The van der Waals surface area contributed by atoms with Gasteiger partial charge < -0.3 is 4.90 Å². The van der Waals surface area contributed by atoms with E-state index >= 15 is 0 Å². The quantitative estimate of drug-likeness (QED) is 0.668. The second-order valence-corrected chi connectivity index (χ2v) is 7.13. The first-order chi connectivity index (χ1) is 12.2. The highest BCUT2D eigenvalue weighted by Gasteiger charge is 2.19. The zero-order valence-corrected chi connectivity index (χ0v) is 15.3. The molecule has 1 amide bonds. The fourth-order valence-electron chi connectivity index (χ4n) is 2.70. The molecule has 1 aliphatic heterocycles. The lowest BCUT2D eigenvalue weighted by molar-refractivity contribution is 0.211. The fourth-order valence-corrected chi connectivity index (χ4v) is 3.53. The van der Waals surface area contributed by atoms with E-state index in [1.165, 1.54) is 23.7 Å². The van der Waals surface area contributed by atoms with Crippen LogP contribution in [0.2, 0.25) is 0 Å². The fraction of sp³-hybridized carbons (Fsp3) is 0.286. The molecule has 3 nitrogen and oxygen atoms in total. The third-order valence-corrected chi connectivity index (χ3v) is 5.12. The molecule has 3 rings (SSSR count). The van der Waals surface area contributed by atoms with Crippen molar-refractivity contribution in [3.8, 4) is 0 Å². The molecular formula is C21H22N2OS. The predicted octanol–water partition coefficient (Wildman–Crippen LogP) is 5.68. The first kappa shape index (κ1) is 17.5. The summed E-state index contributed by atoms with van der Waals surface area (Å²) in [6, 6.07) is 17.8. The van der Waals surface area contributed by atoms with E-state index in [2.05, 4.69) is 10.9 Å². The molecule has 0 aliphatic carbocycles. The third kappa shape index (κ3) is 5.09. The number of amides is 1. The summed E-state index contributed by atoms with van der Waals surface area (Å²) in [5, 5.41) is 0.0881. The zero-order chi connectivity index (χ0) is 17.5. The van der Waals surface area contributed by atoms with Crippen LogP contribution in [-0.4, -0.2) is 29.1 Å². The van der Waals surface area contributed by atoms with Gasteiger partial charge in [0.05, 0.1) is 10.6 Å². The van der Waals surface area contributed by atoms with Gasteiger partial charge in [-0.25, -0.2) is 4.99 Å². The van der Waals surface area contributed by atoms with Gasteiger partial charge in [0.25, 0.3) is 5.24 Å². The molecule has 1 aliphatic rings. The summed E-state index contributed by atoms with van der Waals surface area (Å²) >= 11 is 1.23. The van der Waals surface area contributed by atoms with Crippen LogP contribution in [-0.2, 0) is 0 Å². The van der Waals surface area contributed by atoms with Crippen LogP contribution in [0, 0.1) is 6.92 Å². The van der Waals surface area contributed by atoms with Gasteiger partial charge >= 0.3 is 0 Å². The molecule has 1 fully saturated rings. The van der Waals surface area contributed by atoms with Crippen molar-refractivity contribution in [2.75, 3.05) is 13.1 Å². The molecule has 0 saturated carbocycles. The minimum atomic E-state index is 0.0881. The Morgan fingerprint density at radius 1 is 1.00 bits per heavy atom. The molecule has 0 atom stereocenters. The van der Waals surface area contributed by atoms with Crippen LogP contribution in [0.4, 0.5) is 10.5 Å². The molecule has 25 heavy (non-hydrogen) atoms. The van der Waals surface area contributed by atoms with Crippen LogP contribution in [0.1, 0.15) is 30.4 Å². The molecule has 0 bridgehead atoms. The van der Waals surface area contributed by atoms with Crippen LogP contribution < -0.4 is 0 Å². The molecule has 1 heterocycles. The van der Waals surface area contributed by atoms with Crippen LogP contribution in [0.3, 0.4) is 0 Å². The maximum Gasteiger partial charge on any atom is 0.287 e. The summed E-state index contributed by atoms with van der Waals surface area (Å²) in [5.41, 5.74) is 3.00. The Morgan fingerprint density at radius 2 is 1.68 bits per heavy atom. The van der Waals surface area contributed by atoms with Crippen LogP contribution in [0.25, 0.3) is 4.91 Å². The van der Waals surface area contributed by atoms with Crippen LogP contribution >= 0.6 is 11.8 Å². The number of aliphatic imine (C=N–C) groups is 1. The van der Waals surface area contributed by atoms with E-state index in [-0.39, 0.29) is 5.24 Å². The molecule has 0 N–H and O–H groups in total. The van der Waals surface area contributed by atoms with Gasteiger partial charge in [-0.1, -0.05) is 48.0 Å². The van der Waals surface area contributed by atoms with Crippen molar-refractivity contribution >= 4 is 33.5 Å². The molecule has 0 radical (unpaired) electrons. The van der Waals surface area contributed by atoms with Crippen molar-refractivity contribution in [2.45, 2.75) is 26.2 Å². The molecule has 4 heteroatoms. The topological polar surface area (TPSA) is 32.7 Å². The summed E-state index contributed by atoms with van der Waals surface area (Å²) in [5.74, 6) is 3.10. The maximum atomic E-state index is 12.6. The molecule has 2 aromatic rings. The number of nitrogens with zero attached hydrogens (tertiary/aromatic N) is 2. The Kier molecular flexibility index (Phi) is 6.10. The highest BCUT2D eigenvalue weighted by atomic mass is 32.2. The van der Waals surface area contributed by atoms with E-state index < -0.39 is 0 Å². The van der Waals surface area contributed by atoms with Gasteiger partial charge in [0, 0.05) is 19.0 Å². The lowest BCUT2D eigenvalue weighted by atomic mass is 10.1. The first-order valence-electron chi connectivity index (χ1n) is 8.65. The molecule has 1 saturated heterocycles. The van der Waals surface area contributed by atoms with Crippen molar-refractivity contribution in [3.63, 3.8) is 0 Å². The highest BCUT2D eigenvalue weighted by molar-refractivity contribution is 8.21. The van der Waals surface area contributed by atoms with Crippen molar-refractivity contribution in [1.82, 2.24) is 4.90 Å². The number of hydrogen-bond acceptors (Lipinski definition) is 3. The zero-order valence-electron chi connectivity index (χ0n) is 14.4. The molecule has 0 aromatic heterocycles. The number of piperidine rings is 1. The van der Waals surface area contributed by atoms with E-state index in [4.69, 9.17) is 0 Å². The average Bonchev–Trinajstić information content (AvgIpc) is 2.67. The summed E-state index contributed by atoms with van der Waals surface area (Å²) in [7, 11) is 0. The van der Waals surface area contributed by atoms with Crippen LogP contribution in [0.15, 0.2) is 59.6 Å². The number of rotatable bonds is 3. The number of likely N-dealkylation sites (tertiary alicyclic amines) is 1. The Morgan fingerprint density at radius 3 is 2.36 bits per heavy atom. The third-order valence-electron chi connectivity index (χ3n) is 4.16. The average molecular weight is 350 g/mol. The summed E-state index contributed by atoms with van der Waals surface area (Å²) in [6.45, 7) is 3.75. The van der Waals surface area contributed by atoms with Crippen molar-refractivity contribution in [3.05, 3.63) is 65.7 Å². The Labute approximate surface area is 153 Å². The molecule has 2 aromatic carbocycles. The lowest BCUT2D eigenvalue weighted by Crippen LogP contribution is -2.32. The Bertz CT molecular complexity index is 771. The number of hydrogen-bond donors (Lipinski definition) is 0. The minimum Gasteiger partial charge on any atom is -0.333 e. The molecular weight excluding hydrogens is 328 g/mol. The minimum absolute atomic E-state index is 0.0881. The Hall–Kier alpha value is -2.29. The van der Waals surface area contributed by atoms with Crippen molar-refractivity contribution < 1.29 is 4.79 Å². The van der Waals surface area contributed by atoms with Gasteiger partial charge in [-0.3, -0.25) is 4.79 Å². The second kappa shape index (κ2) is 8.70. The van der Waals surface area contributed by atoms with Gasteiger partial charge in [0.1, 0.15) is 0 Å². The van der Waals surface area contributed by atoms with Gasteiger partial charge in [-0.15, -0.1) is 0 Å². The van der Waals surface area contributed by atoms with Crippen molar-refractivity contribution in [2.24, 2.45) is 4.99 Å². The number of carbonyl (C=O) groups is 1. The number of thioether (sulfide) groups is 1. The predicted molar refractivity (Wildman–Crippen MR) is 107 cm³/mol. The van der Waals surface area contributed by atoms with Gasteiger partial charge in [0.2, 0.25) is 0 Å². The largest absolute Gasteiger partial charge is 0.333 e. The monoisotopic (exact) mass is 350 g/mol. The van der Waals surface area contributed by atoms with E-state index in [9.17, 15) is 4.79 Å². The standard InChI is InChI=1S/C21H22N2OS/c1-17-10-12-19(13-11-17)22-16-20(18-8-4-2-5-9-18)25-21(24)23-14-6-3-7-15-23/h2,4-5,8-13H,3,6-7,14-15H2,1H3. The SMILES string of the molecule is Cc1ccc(N=C=C(SC(=O)N2CCCCC2)c2ccccc2)cc1. The van der Waals surface area contributed by atoms with Gasteiger partial charge in [-0.2, -0.15) is 0 Å². The van der Waals surface area contributed by atoms with Gasteiger partial charge in [-0.05, 0) is 55.6 Å². The molecule has 0 spiro atoms. The Balaban J connectivity index is 1.86. The number of carbonyl (C=O) groups excluding carboxylic acids is 1. The highest BCUT2D eigenvalue weighted by Crippen LogP contribution is 2.29. The van der Waals surface area contributed by atoms with E-state index in [1.807, 2.05) is 66.4 Å². The van der Waals surface area contributed by atoms with E-state index in [1.54, 1.807) is 0 Å². The van der Waals surface area contributed by atoms with E-state index in [0.29, 0.717) is 0 Å². The normalized spacial score (nSPS) is 13.9. The summed E-state index contributed by atoms with van der Waals surface area (Å²) in [4.78, 5) is 19.8. The molecule has 0 unspecified atom stereocenters. The smallest absolute Gasteiger partial charge is 0.287 e. The summed E-state index contributed by atoms with van der Waals surface area (Å²) in [6.07, 6.45) is 3.40. The van der Waals surface area contributed by atoms with Crippen molar-refractivity contribution in [1.29, 1.82) is 0 Å². The van der Waals surface area contributed by atoms with Crippen LogP contribution in [0.5, 0.6) is 0 Å². The van der Waals surface area contributed by atoms with Gasteiger partial charge in [0.15, 0.2) is 0 Å². The summed E-state index contributed by atoms with van der Waals surface area (Å²) < 4.78 is 0. The number of benzene rings is 2. The molecule has 128 valence electrons. The van der Waals surface area contributed by atoms with E-state index in [0.717, 1.165) is 42.1 Å². The second-order valence-electron chi connectivity index (χ2n) is 6.17.